The molecule has 0 bridgehead atoms. The third kappa shape index (κ3) is 3.87. The lowest BCUT2D eigenvalue weighted by Gasteiger charge is -2.51. The zero-order valence-electron chi connectivity index (χ0n) is 21.0. The number of fused-ring (bicyclic) bond motifs is 2. The van der Waals surface area contributed by atoms with Gasteiger partial charge in [-0.3, -0.25) is 14.5 Å². The van der Waals surface area contributed by atoms with Crippen LogP contribution in [0.25, 0.3) is 0 Å². The number of allylic oxidation sites excluding steroid dienone is 1. The van der Waals surface area contributed by atoms with Crippen LogP contribution in [0.1, 0.15) is 54.9 Å². The molecule has 0 unspecified atom stereocenters. The number of Topliss-reactive ketones (excluding diaryl/α,β-unsaturated/α-hetero) is 1. The Kier molecular flexibility index (Phi) is 6.21. The van der Waals surface area contributed by atoms with Crippen LogP contribution in [0.15, 0.2) is 47.0 Å². The molecule has 0 radical (unpaired) electrons. The van der Waals surface area contributed by atoms with Gasteiger partial charge in [-0.1, -0.05) is 57.2 Å². The van der Waals surface area contributed by atoms with Gasteiger partial charge in [-0.05, 0) is 55.4 Å². The quantitative estimate of drug-likeness (QED) is 0.425. The molecule has 0 N–H and O–H groups in total. The van der Waals surface area contributed by atoms with Crippen LogP contribution in [0.2, 0.25) is 18.1 Å². The molecule has 1 heterocycles. The highest BCUT2D eigenvalue weighted by Gasteiger charge is 2.65. The number of carbonyl (C=O) groups excluding carboxylic acids is 2. The minimum absolute atomic E-state index is 0.106. The van der Waals surface area contributed by atoms with Gasteiger partial charge in [0, 0.05) is 5.92 Å². The van der Waals surface area contributed by atoms with Gasteiger partial charge in [-0.2, -0.15) is 0 Å². The van der Waals surface area contributed by atoms with Crippen LogP contribution >= 0.6 is 0 Å². The van der Waals surface area contributed by atoms with Crippen LogP contribution in [0.5, 0.6) is 5.88 Å². The summed E-state index contributed by atoms with van der Waals surface area (Å²) in [5.74, 6) is -0.611. The highest BCUT2D eigenvalue weighted by molar-refractivity contribution is 6.74. The highest BCUT2D eigenvalue weighted by Crippen LogP contribution is 2.53. The monoisotopic (exact) mass is 482 g/mol. The summed E-state index contributed by atoms with van der Waals surface area (Å²) in [6, 6.07) is 9.27. The molecule has 3 atom stereocenters. The maximum atomic E-state index is 14.3. The van der Waals surface area contributed by atoms with Gasteiger partial charge in [-0.25, -0.2) is 0 Å². The molecule has 7 nitrogen and oxygen atoms in total. The topological polar surface area (TPSA) is 81.9 Å². The molecule has 0 saturated heterocycles. The molecule has 0 spiro atoms. The smallest absolute Gasteiger partial charge is 0.265 e. The Balaban J connectivity index is 1.84. The Labute approximate surface area is 202 Å². The lowest BCUT2D eigenvalue weighted by molar-refractivity contribution is -0.135. The van der Waals surface area contributed by atoms with Crippen molar-refractivity contribution in [3.63, 3.8) is 0 Å². The van der Waals surface area contributed by atoms with Crippen molar-refractivity contribution >= 4 is 19.9 Å². The number of benzene rings is 1. The van der Waals surface area contributed by atoms with Crippen LogP contribution < -0.4 is 4.74 Å². The van der Waals surface area contributed by atoms with E-state index in [1.807, 2.05) is 55.4 Å². The maximum Gasteiger partial charge on any atom is 0.265 e. The molecule has 0 fully saturated rings. The number of aromatic nitrogens is 1. The Morgan fingerprint density at radius 1 is 1.18 bits per heavy atom. The van der Waals surface area contributed by atoms with E-state index in [-0.39, 0.29) is 34.9 Å². The normalized spacial score (nSPS) is 24.8. The second-order valence-electron chi connectivity index (χ2n) is 10.9. The number of rotatable bonds is 6. The summed E-state index contributed by atoms with van der Waals surface area (Å²) in [4.78, 5) is 29.9. The average Bonchev–Trinajstić information content (AvgIpc) is 3.17. The van der Waals surface area contributed by atoms with Gasteiger partial charge in [0.05, 0.1) is 6.04 Å². The summed E-state index contributed by atoms with van der Waals surface area (Å²) in [5, 5.41) is 3.94. The number of ketones is 2. The SMILES string of the molecule is CN(C)[C@@H]1c2onc(OCc3ccccc3)c2C(=O)[C@@]2(O[Si](C)(C)C(C)(C)C)C(=O)C=CC[C@@H]12. The van der Waals surface area contributed by atoms with E-state index in [4.69, 9.17) is 13.7 Å². The fourth-order valence-corrected chi connectivity index (χ4v) is 6.09. The predicted molar refractivity (Wildman–Crippen MR) is 131 cm³/mol. The van der Waals surface area contributed by atoms with Gasteiger partial charge in [0.1, 0.15) is 12.2 Å². The van der Waals surface area contributed by atoms with Crippen molar-refractivity contribution in [3.05, 3.63) is 59.4 Å². The van der Waals surface area contributed by atoms with E-state index < -0.39 is 25.6 Å². The third-order valence-corrected chi connectivity index (χ3v) is 11.9. The molecule has 2 aromatic rings. The largest absolute Gasteiger partial charge is 0.470 e. The van der Waals surface area contributed by atoms with Crippen molar-refractivity contribution in [3.8, 4) is 5.88 Å². The van der Waals surface area contributed by atoms with E-state index in [2.05, 4.69) is 39.0 Å². The second kappa shape index (κ2) is 8.59. The first kappa shape index (κ1) is 24.6. The minimum Gasteiger partial charge on any atom is -0.470 e. The van der Waals surface area contributed by atoms with Gasteiger partial charge in [0.25, 0.3) is 5.88 Å². The first-order valence-corrected chi connectivity index (χ1v) is 14.6. The van der Waals surface area contributed by atoms with Crippen LogP contribution in [0.3, 0.4) is 0 Å². The van der Waals surface area contributed by atoms with Gasteiger partial charge in [-0.15, -0.1) is 0 Å². The predicted octanol–water partition coefficient (Wildman–Crippen LogP) is 4.96. The Morgan fingerprint density at radius 3 is 2.47 bits per heavy atom. The summed E-state index contributed by atoms with van der Waals surface area (Å²) < 4.78 is 18.5. The number of carbonyl (C=O) groups is 2. The summed E-state index contributed by atoms with van der Waals surface area (Å²) in [6.45, 7) is 10.7. The fraction of sp³-hybridized carbons (Fsp3) is 0.500. The van der Waals surface area contributed by atoms with Gasteiger partial charge >= 0.3 is 0 Å². The lowest BCUT2D eigenvalue weighted by atomic mass is 9.65. The Bertz CT molecular complexity index is 1120. The van der Waals surface area contributed by atoms with E-state index in [1.165, 1.54) is 6.08 Å². The van der Waals surface area contributed by atoms with Crippen LogP contribution in [-0.2, 0) is 15.8 Å². The number of hydrogen-bond donors (Lipinski definition) is 0. The van der Waals surface area contributed by atoms with Gasteiger partial charge in [0.2, 0.25) is 5.78 Å². The summed E-state index contributed by atoms with van der Waals surface area (Å²) in [7, 11) is 1.29. The average molecular weight is 483 g/mol. The van der Waals surface area contributed by atoms with Crippen LogP contribution in [-0.4, -0.2) is 49.6 Å². The van der Waals surface area contributed by atoms with E-state index in [9.17, 15) is 9.59 Å². The number of nitrogens with zero attached hydrogens (tertiary/aromatic N) is 2. The second-order valence-corrected chi connectivity index (χ2v) is 15.7. The van der Waals surface area contributed by atoms with E-state index >= 15 is 0 Å². The highest BCUT2D eigenvalue weighted by atomic mass is 28.4. The summed E-state index contributed by atoms with van der Waals surface area (Å²) in [5.41, 5.74) is -0.475. The first-order valence-electron chi connectivity index (χ1n) is 11.7. The molecule has 2 aliphatic carbocycles. The molecule has 4 rings (SSSR count). The standard InChI is InChI=1S/C26H34N2O5Si/c1-25(2,3)34(6,7)33-26-18(14-11-15-19(26)29)21(28(4)5)22-20(23(26)30)24(27-32-22)31-16-17-12-9-8-10-13-17/h8-13,15,18,21H,14,16H2,1-7H3/t18-,21-,26-/m0/s1. The summed E-state index contributed by atoms with van der Waals surface area (Å²) in [6.07, 6.45) is 3.85. The molecule has 0 amide bonds. The maximum absolute atomic E-state index is 14.3. The van der Waals surface area contributed by atoms with Crippen molar-refractivity contribution < 1.29 is 23.3 Å². The van der Waals surface area contributed by atoms with Crippen molar-refractivity contribution in [1.29, 1.82) is 0 Å². The molecule has 8 heteroatoms. The lowest BCUT2D eigenvalue weighted by Crippen LogP contribution is -2.65. The summed E-state index contributed by atoms with van der Waals surface area (Å²) >= 11 is 0. The fourth-order valence-electron chi connectivity index (χ4n) is 4.64. The molecule has 1 aromatic carbocycles. The molecule has 182 valence electrons. The van der Waals surface area contributed by atoms with Gasteiger partial charge < -0.3 is 13.7 Å². The zero-order chi connectivity index (χ0) is 24.9. The molecule has 0 saturated carbocycles. The van der Waals surface area contributed by atoms with Crippen molar-refractivity contribution in [2.75, 3.05) is 14.1 Å². The number of ether oxygens (including phenoxy) is 1. The van der Waals surface area contributed by atoms with E-state index in [0.29, 0.717) is 12.2 Å². The van der Waals surface area contributed by atoms with Crippen molar-refractivity contribution in [1.82, 2.24) is 10.1 Å². The molecule has 1 aromatic heterocycles. The minimum atomic E-state index is -2.53. The molecule has 34 heavy (non-hydrogen) atoms. The van der Waals surface area contributed by atoms with Gasteiger partial charge in [0.15, 0.2) is 25.5 Å². The van der Waals surface area contributed by atoms with Crippen molar-refractivity contribution in [2.45, 2.75) is 63.6 Å². The van der Waals surface area contributed by atoms with Crippen LogP contribution in [0, 0.1) is 5.92 Å². The first-order chi connectivity index (χ1) is 15.9. The molecular weight excluding hydrogens is 448 g/mol. The Morgan fingerprint density at radius 2 is 1.85 bits per heavy atom. The molecule has 2 aliphatic rings. The molecule has 0 aliphatic heterocycles. The van der Waals surface area contributed by atoms with Crippen LogP contribution in [0.4, 0.5) is 0 Å². The Hall–Kier alpha value is -2.55. The number of hydrogen-bond acceptors (Lipinski definition) is 7. The van der Waals surface area contributed by atoms with E-state index in [1.54, 1.807) is 0 Å². The van der Waals surface area contributed by atoms with Crippen molar-refractivity contribution in [2.24, 2.45) is 5.92 Å². The zero-order valence-corrected chi connectivity index (χ0v) is 22.0. The molecular formula is C26H34N2O5Si. The third-order valence-electron chi connectivity index (χ3n) is 7.45. The van der Waals surface area contributed by atoms with E-state index in [0.717, 1.165) is 5.56 Å².